The number of hydrogen-bond acceptors (Lipinski definition) is 3. The Hall–Kier alpha value is -2.80. The first-order chi connectivity index (χ1) is 11.4. The van der Waals surface area contributed by atoms with Crippen molar-refractivity contribution in [2.24, 2.45) is 0 Å². The van der Waals surface area contributed by atoms with Crippen molar-refractivity contribution in [3.63, 3.8) is 0 Å². The second-order valence-electron chi connectivity index (χ2n) is 5.31. The standard InChI is InChI=1S/C17H15F2N3O2/c1-10-5-4-6-14-20-15(17(23)21(2)24-3)16(22(10)14)11-7-12(18)9-13(19)8-11/h4-9H,1-3H3. The van der Waals surface area contributed by atoms with E-state index in [2.05, 4.69) is 4.98 Å². The molecule has 0 aliphatic rings. The molecule has 0 bridgehead atoms. The third kappa shape index (κ3) is 2.63. The first-order valence-electron chi connectivity index (χ1n) is 7.19. The maximum atomic E-state index is 13.7. The molecule has 0 spiro atoms. The number of nitrogens with zero attached hydrogens (tertiary/aromatic N) is 3. The van der Waals surface area contributed by atoms with Crippen molar-refractivity contribution in [3.8, 4) is 11.3 Å². The van der Waals surface area contributed by atoms with E-state index in [1.54, 1.807) is 16.5 Å². The number of imidazole rings is 1. The quantitative estimate of drug-likeness (QED) is 0.692. The molecule has 2 aromatic heterocycles. The van der Waals surface area contributed by atoms with E-state index >= 15 is 0 Å². The van der Waals surface area contributed by atoms with Crippen LogP contribution in [0.15, 0.2) is 36.4 Å². The topological polar surface area (TPSA) is 46.8 Å². The minimum Gasteiger partial charge on any atom is -0.296 e. The van der Waals surface area contributed by atoms with Crippen molar-refractivity contribution in [2.45, 2.75) is 6.92 Å². The number of halogens is 2. The fraction of sp³-hybridized carbons (Fsp3) is 0.176. The van der Waals surface area contributed by atoms with Gasteiger partial charge in [-0.1, -0.05) is 6.07 Å². The second-order valence-corrected chi connectivity index (χ2v) is 5.31. The van der Waals surface area contributed by atoms with E-state index in [0.717, 1.165) is 16.8 Å². The molecule has 0 saturated heterocycles. The summed E-state index contributed by atoms with van der Waals surface area (Å²) < 4.78 is 29.1. The minimum atomic E-state index is -0.730. The van der Waals surface area contributed by atoms with E-state index in [1.165, 1.54) is 26.3 Å². The Morgan fingerprint density at radius 2 is 1.88 bits per heavy atom. The summed E-state index contributed by atoms with van der Waals surface area (Å²) in [4.78, 5) is 21.8. The van der Waals surface area contributed by atoms with Gasteiger partial charge < -0.3 is 0 Å². The van der Waals surface area contributed by atoms with Crippen LogP contribution in [0.2, 0.25) is 0 Å². The predicted molar refractivity (Wildman–Crippen MR) is 84.4 cm³/mol. The molecule has 3 aromatic rings. The molecule has 0 aliphatic heterocycles. The van der Waals surface area contributed by atoms with Gasteiger partial charge in [-0.05, 0) is 31.2 Å². The summed E-state index contributed by atoms with van der Waals surface area (Å²) in [5.74, 6) is -1.97. The number of carbonyl (C=O) groups is 1. The third-order valence-electron chi connectivity index (χ3n) is 3.74. The fourth-order valence-electron chi connectivity index (χ4n) is 2.59. The van der Waals surface area contributed by atoms with Crippen molar-refractivity contribution >= 4 is 11.6 Å². The van der Waals surface area contributed by atoms with Gasteiger partial charge >= 0.3 is 0 Å². The number of aryl methyl sites for hydroxylation is 1. The fourth-order valence-corrected chi connectivity index (χ4v) is 2.59. The number of rotatable bonds is 3. The molecule has 124 valence electrons. The van der Waals surface area contributed by atoms with Gasteiger partial charge in [-0.2, -0.15) is 0 Å². The number of hydrogen-bond donors (Lipinski definition) is 0. The Bertz CT molecular complexity index is 917. The zero-order chi connectivity index (χ0) is 17.4. The molecule has 5 nitrogen and oxygen atoms in total. The van der Waals surface area contributed by atoms with Crippen LogP contribution in [0.1, 0.15) is 16.2 Å². The zero-order valence-corrected chi connectivity index (χ0v) is 13.4. The predicted octanol–water partition coefficient (Wildman–Crippen LogP) is 3.22. The van der Waals surface area contributed by atoms with E-state index in [9.17, 15) is 13.6 Å². The van der Waals surface area contributed by atoms with Gasteiger partial charge in [-0.25, -0.2) is 18.8 Å². The molecule has 1 amide bonds. The van der Waals surface area contributed by atoms with E-state index in [4.69, 9.17) is 4.84 Å². The molecule has 0 N–H and O–H groups in total. The molecular formula is C17H15F2N3O2. The Balaban J connectivity index is 2.36. The number of hydroxylamine groups is 2. The molecule has 0 unspecified atom stereocenters. The molecule has 7 heteroatoms. The lowest BCUT2D eigenvalue weighted by molar-refractivity contribution is -0.0759. The van der Waals surface area contributed by atoms with Crippen LogP contribution in [0.4, 0.5) is 8.78 Å². The van der Waals surface area contributed by atoms with Gasteiger partial charge in [0.2, 0.25) is 0 Å². The van der Waals surface area contributed by atoms with E-state index in [-0.39, 0.29) is 11.3 Å². The van der Waals surface area contributed by atoms with Crippen LogP contribution in [0.5, 0.6) is 0 Å². The Labute approximate surface area is 137 Å². The van der Waals surface area contributed by atoms with Crippen LogP contribution in [-0.4, -0.2) is 34.5 Å². The van der Waals surface area contributed by atoms with Crippen molar-refractivity contribution in [2.75, 3.05) is 14.2 Å². The first kappa shape index (κ1) is 16.1. The molecule has 0 fully saturated rings. The zero-order valence-electron chi connectivity index (χ0n) is 13.4. The molecule has 24 heavy (non-hydrogen) atoms. The summed E-state index contributed by atoms with van der Waals surface area (Å²) in [6, 6.07) is 8.45. The Kier molecular flexibility index (Phi) is 4.02. The van der Waals surface area contributed by atoms with Crippen LogP contribution in [0.3, 0.4) is 0 Å². The van der Waals surface area contributed by atoms with E-state index in [0.29, 0.717) is 11.3 Å². The number of pyridine rings is 1. The number of amides is 1. The normalized spacial score (nSPS) is 11.0. The number of fused-ring (bicyclic) bond motifs is 1. The smallest absolute Gasteiger partial charge is 0.296 e. The van der Waals surface area contributed by atoms with Gasteiger partial charge in [0.25, 0.3) is 5.91 Å². The average Bonchev–Trinajstić information content (AvgIpc) is 2.93. The van der Waals surface area contributed by atoms with Gasteiger partial charge in [0.15, 0.2) is 5.69 Å². The molecule has 0 radical (unpaired) electrons. The number of aromatic nitrogens is 2. The summed E-state index contributed by atoms with van der Waals surface area (Å²) in [6.07, 6.45) is 0. The van der Waals surface area contributed by atoms with Crippen molar-refractivity contribution in [1.29, 1.82) is 0 Å². The highest BCUT2D eigenvalue weighted by molar-refractivity contribution is 5.99. The van der Waals surface area contributed by atoms with Crippen LogP contribution in [0, 0.1) is 18.6 Å². The van der Waals surface area contributed by atoms with Gasteiger partial charge in [-0.15, -0.1) is 0 Å². The van der Waals surface area contributed by atoms with Crippen LogP contribution in [-0.2, 0) is 4.84 Å². The number of carbonyl (C=O) groups excluding carboxylic acids is 1. The van der Waals surface area contributed by atoms with Gasteiger partial charge in [0, 0.05) is 24.4 Å². The Morgan fingerprint density at radius 3 is 2.50 bits per heavy atom. The lowest BCUT2D eigenvalue weighted by Gasteiger charge is -2.13. The molecule has 2 heterocycles. The summed E-state index contributed by atoms with van der Waals surface area (Å²) in [5.41, 5.74) is 1.87. The van der Waals surface area contributed by atoms with Gasteiger partial charge in [0.05, 0.1) is 12.8 Å². The van der Waals surface area contributed by atoms with E-state index < -0.39 is 17.5 Å². The summed E-state index contributed by atoms with van der Waals surface area (Å²) in [6.45, 7) is 1.82. The van der Waals surface area contributed by atoms with Crippen molar-refractivity contribution < 1.29 is 18.4 Å². The van der Waals surface area contributed by atoms with Crippen LogP contribution >= 0.6 is 0 Å². The highest BCUT2D eigenvalue weighted by Crippen LogP contribution is 2.28. The third-order valence-corrected chi connectivity index (χ3v) is 3.74. The first-order valence-corrected chi connectivity index (χ1v) is 7.19. The molecule has 0 aliphatic carbocycles. The van der Waals surface area contributed by atoms with Crippen molar-refractivity contribution in [1.82, 2.24) is 14.4 Å². The largest absolute Gasteiger partial charge is 0.298 e. The monoisotopic (exact) mass is 331 g/mol. The highest BCUT2D eigenvalue weighted by Gasteiger charge is 2.24. The lowest BCUT2D eigenvalue weighted by atomic mass is 10.1. The molecule has 3 rings (SSSR count). The van der Waals surface area contributed by atoms with Crippen molar-refractivity contribution in [3.05, 3.63) is 59.4 Å². The summed E-state index contributed by atoms with van der Waals surface area (Å²) >= 11 is 0. The highest BCUT2D eigenvalue weighted by atomic mass is 19.1. The average molecular weight is 331 g/mol. The second kappa shape index (κ2) is 6.01. The summed E-state index contributed by atoms with van der Waals surface area (Å²) in [5, 5.41) is 1.01. The van der Waals surface area contributed by atoms with Crippen LogP contribution in [0.25, 0.3) is 16.9 Å². The lowest BCUT2D eigenvalue weighted by Crippen LogP contribution is -2.26. The minimum absolute atomic E-state index is 0.0543. The maximum absolute atomic E-state index is 13.7. The van der Waals surface area contributed by atoms with Gasteiger partial charge in [0.1, 0.15) is 17.3 Å². The number of benzene rings is 1. The SMILES string of the molecule is CON(C)C(=O)c1nc2cccc(C)n2c1-c1cc(F)cc(F)c1. The Morgan fingerprint density at radius 1 is 1.21 bits per heavy atom. The van der Waals surface area contributed by atoms with E-state index in [1.807, 2.05) is 13.0 Å². The molecule has 0 saturated carbocycles. The molecule has 0 atom stereocenters. The summed E-state index contributed by atoms with van der Waals surface area (Å²) in [7, 11) is 2.79. The molecular weight excluding hydrogens is 316 g/mol. The molecule has 1 aromatic carbocycles. The van der Waals surface area contributed by atoms with Crippen LogP contribution < -0.4 is 0 Å². The maximum Gasteiger partial charge on any atom is 0.298 e. The van der Waals surface area contributed by atoms with Gasteiger partial charge in [-0.3, -0.25) is 14.0 Å².